The summed E-state index contributed by atoms with van der Waals surface area (Å²) in [6, 6.07) is 79.4. The zero-order valence-corrected chi connectivity index (χ0v) is 36.7. The molecule has 0 unspecified atom stereocenters. The summed E-state index contributed by atoms with van der Waals surface area (Å²) in [7, 11) is 0. The van der Waals surface area contributed by atoms with E-state index in [1.54, 1.807) is 0 Å². The van der Waals surface area contributed by atoms with E-state index in [0.717, 1.165) is 37.1 Å². The monoisotopic (exact) mass is 842 g/mol. The Labute approximate surface area is 386 Å². The third kappa shape index (κ3) is 6.40. The normalized spacial score (nSPS) is 13.8. The molecule has 0 fully saturated rings. The summed E-state index contributed by atoms with van der Waals surface area (Å²) >= 11 is 0. The van der Waals surface area contributed by atoms with Crippen LogP contribution in [0.3, 0.4) is 0 Å². The van der Waals surface area contributed by atoms with E-state index in [0.29, 0.717) is 0 Å². The van der Waals surface area contributed by atoms with Gasteiger partial charge in [0.15, 0.2) is 0 Å². The van der Waals surface area contributed by atoms with Gasteiger partial charge in [-0.3, -0.25) is 0 Å². The molecule has 0 spiro atoms. The molecule has 2 heteroatoms. The Balaban J connectivity index is 1.13. The largest absolute Gasteiger partial charge is 0.310 e. The van der Waals surface area contributed by atoms with Crippen LogP contribution in [0, 0.1) is 0 Å². The van der Waals surface area contributed by atoms with E-state index >= 15 is 0 Å². The van der Waals surface area contributed by atoms with E-state index in [2.05, 4.69) is 240 Å². The molecule has 0 amide bonds. The van der Waals surface area contributed by atoms with Crippen molar-refractivity contribution in [1.82, 2.24) is 0 Å². The number of hydrogen-bond donors (Lipinski definition) is 0. The number of rotatable bonds is 6. The SMILES string of the molecule is C1=CC(c2cccc(-c3c4ccc(N5c6ccccc6Cc6ccccc65)cc4c(-c4cccc(-c5ccccc5)c4)c4ccc(N5c6ccccc6Cc6ccccc65)cc34)c2)=CCC1. The lowest BCUT2D eigenvalue weighted by atomic mass is 9.84. The number of anilines is 6. The maximum absolute atomic E-state index is 2.49. The first-order chi connectivity index (χ1) is 32.7. The minimum atomic E-state index is 0.916. The standard InChI is InChI=1S/C64H46N2/c1-3-17-43(18-4-1)45-25-15-27-51(37-45)63-55-35-33-54(66-61-31-13-9-23-49(61)40-50-24-10-14-32-62(50)66)42-58(55)64(52-28-16-26-46(38-52)44-19-5-2-6-20-44)56-36-34-53(41-57(56)63)65-59-29-11-7-21-47(59)39-48-22-8-12-30-60(48)65/h1,3-5,7-38,41-42H,2,6,39-40H2. The lowest BCUT2D eigenvalue weighted by molar-refractivity contribution is 1.04. The van der Waals surface area contributed by atoms with Gasteiger partial charge in [-0.1, -0.05) is 170 Å². The van der Waals surface area contributed by atoms with Gasteiger partial charge in [0.05, 0.1) is 0 Å². The van der Waals surface area contributed by atoms with E-state index < -0.39 is 0 Å². The molecule has 13 rings (SSSR count). The fourth-order valence-electron chi connectivity index (χ4n) is 11.0. The topological polar surface area (TPSA) is 6.48 Å². The molecule has 3 aliphatic rings. The van der Waals surface area contributed by atoms with Gasteiger partial charge < -0.3 is 9.80 Å². The number of hydrogen-bond acceptors (Lipinski definition) is 2. The van der Waals surface area contributed by atoms with E-state index in [4.69, 9.17) is 0 Å². The molecule has 0 saturated carbocycles. The predicted molar refractivity (Wildman–Crippen MR) is 279 cm³/mol. The van der Waals surface area contributed by atoms with Crippen molar-refractivity contribution in [3.8, 4) is 33.4 Å². The van der Waals surface area contributed by atoms with E-state index in [9.17, 15) is 0 Å². The number of nitrogens with zero attached hydrogens (tertiary/aromatic N) is 2. The Bertz CT molecular complexity index is 3520. The van der Waals surface area contributed by atoms with Crippen LogP contribution in [0.25, 0.3) is 60.5 Å². The van der Waals surface area contributed by atoms with Crippen LogP contribution in [0.2, 0.25) is 0 Å². The molecule has 10 aromatic rings. The molecule has 0 aromatic heterocycles. The average molecular weight is 843 g/mol. The molecule has 0 N–H and O–H groups in total. The summed E-state index contributed by atoms with van der Waals surface area (Å²) in [5.41, 5.74) is 22.4. The second kappa shape index (κ2) is 15.8. The van der Waals surface area contributed by atoms with Crippen molar-refractivity contribution < 1.29 is 0 Å². The van der Waals surface area contributed by atoms with Crippen LogP contribution in [0.1, 0.15) is 40.7 Å². The third-order valence-corrected chi connectivity index (χ3v) is 14.0. The van der Waals surface area contributed by atoms with Gasteiger partial charge in [0.1, 0.15) is 0 Å². The summed E-state index contributed by atoms with van der Waals surface area (Å²) in [5.74, 6) is 0. The van der Waals surface area contributed by atoms with Gasteiger partial charge in [-0.15, -0.1) is 0 Å². The average Bonchev–Trinajstić information content (AvgIpc) is 3.39. The quantitative estimate of drug-likeness (QED) is 0.154. The van der Waals surface area contributed by atoms with Crippen LogP contribution < -0.4 is 9.80 Å². The van der Waals surface area contributed by atoms with Crippen molar-refractivity contribution >= 4 is 61.2 Å². The Morgan fingerprint density at radius 3 is 1.21 bits per heavy atom. The van der Waals surface area contributed by atoms with Crippen LogP contribution in [0.5, 0.6) is 0 Å². The highest BCUT2D eigenvalue weighted by Gasteiger charge is 2.28. The van der Waals surface area contributed by atoms with Gasteiger partial charge in [-0.25, -0.2) is 0 Å². The minimum Gasteiger partial charge on any atom is -0.310 e. The molecule has 10 aromatic carbocycles. The molecule has 1 aliphatic carbocycles. The smallest absolute Gasteiger partial charge is 0.0497 e. The molecule has 0 saturated heterocycles. The van der Waals surface area contributed by atoms with Crippen molar-refractivity contribution in [3.63, 3.8) is 0 Å². The Kier molecular flexibility index (Phi) is 9.16. The van der Waals surface area contributed by atoms with Crippen LogP contribution in [-0.4, -0.2) is 0 Å². The zero-order chi connectivity index (χ0) is 43.6. The lowest BCUT2D eigenvalue weighted by Gasteiger charge is -2.34. The van der Waals surface area contributed by atoms with E-state index in [-0.39, 0.29) is 0 Å². The molecule has 0 atom stereocenters. The maximum atomic E-state index is 2.49. The van der Waals surface area contributed by atoms with Crippen LogP contribution in [0.15, 0.2) is 231 Å². The van der Waals surface area contributed by atoms with Crippen LogP contribution in [0.4, 0.5) is 34.1 Å². The Morgan fingerprint density at radius 1 is 0.303 bits per heavy atom. The summed E-state index contributed by atoms with van der Waals surface area (Å²) in [4.78, 5) is 4.97. The molecule has 2 heterocycles. The summed E-state index contributed by atoms with van der Waals surface area (Å²) < 4.78 is 0. The molecular formula is C64H46N2. The summed E-state index contributed by atoms with van der Waals surface area (Å²) in [5, 5.41) is 4.91. The van der Waals surface area contributed by atoms with Gasteiger partial charge in [-0.2, -0.15) is 0 Å². The van der Waals surface area contributed by atoms with Crippen molar-refractivity contribution in [3.05, 3.63) is 258 Å². The second-order valence-corrected chi connectivity index (χ2v) is 17.9. The lowest BCUT2D eigenvalue weighted by Crippen LogP contribution is -2.18. The van der Waals surface area contributed by atoms with Gasteiger partial charge in [-0.05, 0) is 162 Å². The minimum absolute atomic E-state index is 0.916. The van der Waals surface area contributed by atoms with Crippen molar-refractivity contribution in [2.75, 3.05) is 9.80 Å². The summed E-state index contributed by atoms with van der Waals surface area (Å²) in [6.07, 6.45) is 11.0. The molecular weight excluding hydrogens is 797 g/mol. The molecule has 0 bridgehead atoms. The molecule has 0 radical (unpaired) electrons. The van der Waals surface area contributed by atoms with Crippen LogP contribution in [-0.2, 0) is 12.8 Å². The fraction of sp³-hybridized carbons (Fsp3) is 0.0625. The highest BCUT2D eigenvalue weighted by atomic mass is 15.2. The number of allylic oxidation sites excluding steroid dienone is 4. The highest BCUT2D eigenvalue weighted by molar-refractivity contribution is 6.23. The highest BCUT2D eigenvalue weighted by Crippen LogP contribution is 2.51. The molecule has 2 nitrogen and oxygen atoms in total. The van der Waals surface area contributed by atoms with Gasteiger partial charge in [0, 0.05) is 47.0 Å². The van der Waals surface area contributed by atoms with Crippen molar-refractivity contribution in [2.45, 2.75) is 25.7 Å². The predicted octanol–water partition coefficient (Wildman–Crippen LogP) is 17.5. The fourth-order valence-corrected chi connectivity index (χ4v) is 11.0. The van der Waals surface area contributed by atoms with E-state index in [1.165, 1.54) is 111 Å². The molecule has 312 valence electrons. The first-order valence-electron chi connectivity index (χ1n) is 23.3. The van der Waals surface area contributed by atoms with Gasteiger partial charge in [0.2, 0.25) is 0 Å². The first kappa shape index (κ1) is 38.3. The van der Waals surface area contributed by atoms with Gasteiger partial charge in [0.25, 0.3) is 0 Å². The maximum Gasteiger partial charge on any atom is 0.0497 e. The Hall–Kier alpha value is -8.20. The van der Waals surface area contributed by atoms with E-state index in [1.807, 2.05) is 0 Å². The number of para-hydroxylation sites is 4. The van der Waals surface area contributed by atoms with Crippen molar-refractivity contribution in [2.24, 2.45) is 0 Å². The van der Waals surface area contributed by atoms with Crippen molar-refractivity contribution in [1.29, 1.82) is 0 Å². The zero-order valence-electron chi connectivity index (χ0n) is 36.7. The molecule has 66 heavy (non-hydrogen) atoms. The number of fused-ring (bicyclic) bond motifs is 6. The number of benzene rings is 10. The van der Waals surface area contributed by atoms with Gasteiger partial charge >= 0.3 is 0 Å². The third-order valence-electron chi connectivity index (χ3n) is 14.0. The summed E-state index contributed by atoms with van der Waals surface area (Å²) in [6.45, 7) is 0. The first-order valence-corrected chi connectivity index (χ1v) is 23.3. The second-order valence-electron chi connectivity index (χ2n) is 17.9. The van der Waals surface area contributed by atoms with Crippen LogP contribution >= 0.6 is 0 Å². The Morgan fingerprint density at radius 2 is 0.727 bits per heavy atom. The molecule has 2 aliphatic heterocycles.